The molecular formula is C23H14INO3. The summed E-state index contributed by atoms with van der Waals surface area (Å²) in [6.45, 7) is 3.87. The van der Waals surface area contributed by atoms with Crippen LogP contribution in [0.1, 0.15) is 47.8 Å². The van der Waals surface area contributed by atoms with Gasteiger partial charge in [0.25, 0.3) is 5.91 Å². The first-order chi connectivity index (χ1) is 13.5. The van der Waals surface area contributed by atoms with Crippen LogP contribution < -0.4 is 5.32 Å². The molecule has 0 fully saturated rings. The largest absolute Gasteiger partial charge is 0.321 e. The van der Waals surface area contributed by atoms with Gasteiger partial charge in [0, 0.05) is 25.8 Å². The molecule has 0 spiro atoms. The van der Waals surface area contributed by atoms with E-state index >= 15 is 0 Å². The molecule has 0 radical (unpaired) electrons. The summed E-state index contributed by atoms with van der Waals surface area (Å²) in [5.74, 6) is -0.831. The summed E-state index contributed by atoms with van der Waals surface area (Å²) < 4.78 is 0.879. The van der Waals surface area contributed by atoms with Crippen LogP contribution in [0.25, 0.3) is 3.58 Å². The smallest absolute Gasteiger partial charge is 0.255 e. The van der Waals surface area contributed by atoms with Crippen molar-refractivity contribution in [2.75, 3.05) is 5.32 Å². The number of carbonyl (C=O) groups excluding carboxylic acids is 3. The summed E-state index contributed by atoms with van der Waals surface area (Å²) in [7, 11) is 0. The van der Waals surface area contributed by atoms with Crippen LogP contribution in [0.3, 0.4) is 0 Å². The zero-order valence-electron chi connectivity index (χ0n) is 14.7. The van der Waals surface area contributed by atoms with Crippen LogP contribution in [-0.2, 0) is 0 Å². The highest BCUT2D eigenvalue weighted by molar-refractivity contribution is 14.1. The van der Waals surface area contributed by atoms with Gasteiger partial charge in [-0.2, -0.15) is 0 Å². The molecule has 1 amide bonds. The standard InChI is InChI=1S/C23H14INO3/c1-13(24)14-9-11-15(12-10-14)23(28)25-19-8-4-7-18-20(19)22(27)17-6-3-2-5-16(17)21(18)26/h2-12H,1H2,(H,25,28). The van der Waals surface area contributed by atoms with Gasteiger partial charge in [-0.15, -0.1) is 0 Å². The SMILES string of the molecule is C=C(I)c1ccc(C(=O)Nc2cccc3c2C(=O)c2ccccc2C3=O)cc1. The number of rotatable bonds is 3. The van der Waals surface area contributed by atoms with Gasteiger partial charge in [0.1, 0.15) is 0 Å². The molecule has 1 N–H and O–H groups in total. The van der Waals surface area contributed by atoms with Crippen LogP contribution >= 0.6 is 22.6 Å². The predicted molar refractivity (Wildman–Crippen MR) is 117 cm³/mol. The maximum atomic E-state index is 13.0. The van der Waals surface area contributed by atoms with Crippen molar-refractivity contribution >= 4 is 49.3 Å². The summed E-state index contributed by atoms with van der Waals surface area (Å²) in [6, 6.07) is 18.7. The second-order valence-electron chi connectivity index (χ2n) is 6.37. The molecule has 0 atom stereocenters. The van der Waals surface area contributed by atoms with Crippen molar-refractivity contribution in [3.05, 3.63) is 107 Å². The van der Waals surface area contributed by atoms with Crippen molar-refractivity contribution < 1.29 is 14.4 Å². The van der Waals surface area contributed by atoms with E-state index in [1.165, 1.54) is 0 Å². The normalized spacial score (nSPS) is 12.2. The molecule has 28 heavy (non-hydrogen) atoms. The predicted octanol–water partition coefficient (Wildman–Crippen LogP) is 5.12. The molecule has 0 aliphatic heterocycles. The molecule has 5 heteroatoms. The van der Waals surface area contributed by atoms with Gasteiger partial charge in [-0.25, -0.2) is 0 Å². The lowest BCUT2D eigenvalue weighted by Gasteiger charge is -2.20. The number of hydrogen-bond donors (Lipinski definition) is 1. The summed E-state index contributed by atoms with van der Waals surface area (Å²) in [5.41, 5.74) is 3.00. The molecule has 0 unspecified atom stereocenters. The minimum atomic E-state index is -0.349. The number of carbonyl (C=O) groups is 3. The topological polar surface area (TPSA) is 63.2 Å². The molecule has 1 aliphatic carbocycles. The molecule has 3 aromatic rings. The summed E-state index contributed by atoms with van der Waals surface area (Å²) in [4.78, 5) is 38.5. The number of anilines is 1. The van der Waals surface area contributed by atoms with Gasteiger partial charge in [0.15, 0.2) is 11.6 Å². The fourth-order valence-electron chi connectivity index (χ4n) is 3.25. The highest BCUT2D eigenvalue weighted by atomic mass is 127. The molecular weight excluding hydrogens is 465 g/mol. The lowest BCUT2D eigenvalue weighted by atomic mass is 9.83. The zero-order valence-corrected chi connectivity index (χ0v) is 16.8. The van der Waals surface area contributed by atoms with Crippen LogP contribution in [0.2, 0.25) is 0 Å². The average molecular weight is 479 g/mol. The van der Waals surface area contributed by atoms with Crippen LogP contribution in [0.4, 0.5) is 5.69 Å². The second-order valence-corrected chi connectivity index (χ2v) is 7.67. The number of halogens is 1. The van der Waals surface area contributed by atoms with Gasteiger partial charge in [0.05, 0.1) is 11.3 Å². The Morgan fingerprint density at radius 2 is 1.32 bits per heavy atom. The van der Waals surface area contributed by atoms with Crippen molar-refractivity contribution in [3.63, 3.8) is 0 Å². The van der Waals surface area contributed by atoms with Gasteiger partial charge in [0.2, 0.25) is 0 Å². The Labute approximate surface area is 175 Å². The Bertz CT molecular complexity index is 1160. The quantitative estimate of drug-likeness (QED) is 0.415. The van der Waals surface area contributed by atoms with E-state index in [0.29, 0.717) is 27.9 Å². The van der Waals surface area contributed by atoms with Gasteiger partial charge in [-0.1, -0.05) is 55.1 Å². The first-order valence-electron chi connectivity index (χ1n) is 8.55. The number of amides is 1. The van der Waals surface area contributed by atoms with Crippen LogP contribution in [-0.4, -0.2) is 17.5 Å². The molecule has 0 saturated carbocycles. The van der Waals surface area contributed by atoms with E-state index in [1.807, 2.05) is 12.1 Å². The van der Waals surface area contributed by atoms with E-state index in [0.717, 1.165) is 9.14 Å². The van der Waals surface area contributed by atoms with E-state index in [9.17, 15) is 14.4 Å². The molecule has 4 rings (SSSR count). The van der Waals surface area contributed by atoms with E-state index in [1.54, 1.807) is 54.6 Å². The lowest BCUT2D eigenvalue weighted by Crippen LogP contribution is -2.23. The fraction of sp³-hybridized carbons (Fsp3) is 0. The number of hydrogen-bond acceptors (Lipinski definition) is 3. The van der Waals surface area contributed by atoms with E-state index in [2.05, 4.69) is 34.5 Å². The van der Waals surface area contributed by atoms with Gasteiger partial charge in [-0.05, 0) is 46.4 Å². The molecule has 0 heterocycles. The lowest BCUT2D eigenvalue weighted by molar-refractivity contribution is 0.0978. The van der Waals surface area contributed by atoms with Crippen molar-refractivity contribution in [1.29, 1.82) is 0 Å². The Morgan fingerprint density at radius 1 is 0.750 bits per heavy atom. The third-order valence-corrected chi connectivity index (χ3v) is 5.28. The monoisotopic (exact) mass is 479 g/mol. The van der Waals surface area contributed by atoms with Gasteiger partial charge in [-0.3, -0.25) is 14.4 Å². The highest BCUT2D eigenvalue weighted by Gasteiger charge is 2.31. The number of fused-ring (bicyclic) bond motifs is 2. The van der Waals surface area contributed by atoms with Crippen molar-refractivity contribution in [2.24, 2.45) is 0 Å². The molecule has 0 bridgehead atoms. The minimum absolute atomic E-state index is 0.216. The van der Waals surface area contributed by atoms with Crippen molar-refractivity contribution in [3.8, 4) is 0 Å². The molecule has 1 aliphatic rings. The molecule has 4 nitrogen and oxygen atoms in total. The third kappa shape index (κ3) is 3.07. The second kappa shape index (κ2) is 7.16. The summed E-state index contributed by atoms with van der Waals surface area (Å²) in [6.07, 6.45) is 0. The van der Waals surface area contributed by atoms with Gasteiger partial charge >= 0.3 is 0 Å². The number of benzene rings is 3. The molecule has 0 aromatic heterocycles. The summed E-state index contributed by atoms with van der Waals surface area (Å²) >= 11 is 2.12. The van der Waals surface area contributed by atoms with Crippen molar-refractivity contribution in [1.82, 2.24) is 0 Å². The zero-order chi connectivity index (χ0) is 19.8. The van der Waals surface area contributed by atoms with E-state index in [-0.39, 0.29) is 23.0 Å². The maximum Gasteiger partial charge on any atom is 0.255 e. The first kappa shape index (κ1) is 18.3. The third-order valence-electron chi connectivity index (χ3n) is 4.66. The Morgan fingerprint density at radius 3 is 1.96 bits per heavy atom. The van der Waals surface area contributed by atoms with Crippen LogP contribution in [0.5, 0.6) is 0 Å². The van der Waals surface area contributed by atoms with Gasteiger partial charge < -0.3 is 5.32 Å². The first-order valence-corrected chi connectivity index (χ1v) is 9.63. The fourth-order valence-corrected chi connectivity index (χ4v) is 3.61. The maximum absolute atomic E-state index is 13.0. The highest BCUT2D eigenvalue weighted by Crippen LogP contribution is 2.32. The molecule has 3 aromatic carbocycles. The number of nitrogens with one attached hydrogen (secondary N) is 1. The van der Waals surface area contributed by atoms with E-state index < -0.39 is 0 Å². The minimum Gasteiger partial charge on any atom is -0.321 e. The Balaban J connectivity index is 1.71. The average Bonchev–Trinajstić information content (AvgIpc) is 2.72. The van der Waals surface area contributed by atoms with Crippen LogP contribution in [0.15, 0.2) is 73.3 Å². The molecule has 136 valence electrons. The Hall–Kier alpha value is -3.06. The van der Waals surface area contributed by atoms with Crippen LogP contribution in [0, 0.1) is 0 Å². The Kier molecular flexibility index (Phi) is 4.68. The summed E-state index contributed by atoms with van der Waals surface area (Å²) in [5, 5.41) is 2.78. The van der Waals surface area contributed by atoms with E-state index in [4.69, 9.17) is 0 Å². The van der Waals surface area contributed by atoms with Crippen molar-refractivity contribution in [2.45, 2.75) is 0 Å². The molecule has 0 saturated heterocycles. The number of ketones is 2.